The predicted octanol–water partition coefficient (Wildman–Crippen LogP) is 5.01. The number of hydrogen-bond acceptors (Lipinski definition) is 4. The molecule has 0 spiro atoms. The van der Waals surface area contributed by atoms with E-state index in [-0.39, 0.29) is 0 Å². The molecule has 0 saturated carbocycles. The van der Waals surface area contributed by atoms with Crippen molar-refractivity contribution >= 4 is 27.3 Å². The van der Waals surface area contributed by atoms with E-state index in [1.54, 1.807) is 11.3 Å². The van der Waals surface area contributed by atoms with Crippen LogP contribution in [0.2, 0.25) is 0 Å². The molecule has 0 N–H and O–H groups in total. The van der Waals surface area contributed by atoms with Gasteiger partial charge in [-0.1, -0.05) is 28.1 Å². The zero-order chi connectivity index (χ0) is 14.9. The quantitative estimate of drug-likeness (QED) is 0.632. The van der Waals surface area contributed by atoms with Crippen molar-refractivity contribution in [3.05, 3.63) is 52.3 Å². The topological polar surface area (TPSA) is 31.4 Å². The van der Waals surface area contributed by atoms with Crippen LogP contribution in [0.1, 0.15) is 0 Å². The van der Waals surface area contributed by atoms with E-state index in [9.17, 15) is 0 Å². The lowest BCUT2D eigenvalue weighted by Gasteiger charge is -2.18. The summed E-state index contributed by atoms with van der Waals surface area (Å²) >= 11 is 5.09. The molecule has 0 bridgehead atoms. The maximum absolute atomic E-state index is 5.64. The first-order valence-corrected chi connectivity index (χ1v) is 8.58. The van der Waals surface area contributed by atoms with Crippen molar-refractivity contribution in [3.8, 4) is 33.3 Å². The molecule has 0 unspecified atom stereocenters. The fourth-order valence-corrected chi connectivity index (χ4v) is 3.43. The maximum atomic E-state index is 5.64. The Balaban J connectivity index is 1.68. The lowest BCUT2D eigenvalue weighted by atomic mass is 10.1. The van der Waals surface area contributed by atoms with Crippen molar-refractivity contribution < 1.29 is 9.47 Å². The Bertz CT molecular complexity index is 814. The minimum absolute atomic E-state index is 0.595. The molecule has 3 aromatic rings. The average Bonchev–Trinajstić information content (AvgIpc) is 3.05. The molecule has 1 aromatic heterocycles. The van der Waals surface area contributed by atoms with Gasteiger partial charge >= 0.3 is 0 Å². The van der Waals surface area contributed by atoms with E-state index < -0.39 is 0 Å². The van der Waals surface area contributed by atoms with Gasteiger partial charge in [0, 0.05) is 21.0 Å². The Hall–Kier alpha value is -1.85. The third-order valence-electron chi connectivity index (χ3n) is 3.43. The maximum Gasteiger partial charge on any atom is 0.162 e. The fourth-order valence-electron chi connectivity index (χ4n) is 2.33. The molecule has 0 saturated heterocycles. The number of halogens is 1. The number of rotatable bonds is 2. The second kappa shape index (κ2) is 5.74. The van der Waals surface area contributed by atoms with Gasteiger partial charge in [0.05, 0.1) is 5.69 Å². The van der Waals surface area contributed by atoms with Gasteiger partial charge in [-0.2, -0.15) is 0 Å². The molecule has 1 aliphatic rings. The molecule has 22 heavy (non-hydrogen) atoms. The van der Waals surface area contributed by atoms with Gasteiger partial charge in [-0.15, -0.1) is 11.3 Å². The van der Waals surface area contributed by atoms with Gasteiger partial charge in [0.15, 0.2) is 11.5 Å². The van der Waals surface area contributed by atoms with Crippen LogP contribution in [0.4, 0.5) is 0 Å². The number of fused-ring (bicyclic) bond motifs is 1. The Kier molecular flexibility index (Phi) is 3.60. The normalized spacial score (nSPS) is 13.1. The number of hydrogen-bond donors (Lipinski definition) is 0. The van der Waals surface area contributed by atoms with Crippen LogP contribution in [0.3, 0.4) is 0 Å². The van der Waals surface area contributed by atoms with E-state index >= 15 is 0 Å². The van der Waals surface area contributed by atoms with Gasteiger partial charge in [-0.05, 0) is 30.3 Å². The minimum Gasteiger partial charge on any atom is -0.486 e. The third-order valence-corrected chi connectivity index (χ3v) is 4.85. The van der Waals surface area contributed by atoms with Gasteiger partial charge in [0.2, 0.25) is 0 Å². The van der Waals surface area contributed by atoms with Gasteiger partial charge < -0.3 is 9.47 Å². The molecule has 4 rings (SSSR count). The van der Waals surface area contributed by atoms with Crippen LogP contribution >= 0.6 is 27.3 Å². The minimum atomic E-state index is 0.595. The summed E-state index contributed by atoms with van der Waals surface area (Å²) in [6.45, 7) is 1.20. The van der Waals surface area contributed by atoms with E-state index in [1.165, 1.54) is 0 Å². The van der Waals surface area contributed by atoms with Crippen LogP contribution in [0, 0.1) is 0 Å². The SMILES string of the molecule is Brc1ccc(-c2nc(-c3ccc4c(c3)OCCO4)cs2)cc1. The molecule has 2 aromatic carbocycles. The molecular weight excluding hydrogens is 362 g/mol. The summed E-state index contributed by atoms with van der Waals surface area (Å²) in [7, 11) is 0. The van der Waals surface area contributed by atoms with Crippen LogP contribution in [0.15, 0.2) is 52.3 Å². The van der Waals surface area contributed by atoms with Crippen molar-refractivity contribution in [2.24, 2.45) is 0 Å². The number of thiazole rings is 1. The standard InChI is InChI=1S/C17H12BrNO2S/c18-13-4-1-11(2-5-13)17-19-14(10-22-17)12-3-6-15-16(9-12)21-8-7-20-15/h1-6,9-10H,7-8H2. The molecular formula is C17H12BrNO2S. The zero-order valence-electron chi connectivity index (χ0n) is 11.6. The van der Waals surface area contributed by atoms with E-state index in [2.05, 4.69) is 33.4 Å². The van der Waals surface area contributed by atoms with Crippen molar-refractivity contribution in [3.63, 3.8) is 0 Å². The van der Waals surface area contributed by atoms with Crippen molar-refractivity contribution in [1.82, 2.24) is 4.98 Å². The highest BCUT2D eigenvalue weighted by atomic mass is 79.9. The number of nitrogens with zero attached hydrogens (tertiary/aromatic N) is 1. The molecule has 3 nitrogen and oxygen atoms in total. The first-order valence-electron chi connectivity index (χ1n) is 6.91. The summed E-state index contributed by atoms with van der Waals surface area (Å²) in [6.07, 6.45) is 0. The van der Waals surface area contributed by atoms with Crippen LogP contribution in [-0.4, -0.2) is 18.2 Å². The number of ether oxygens (including phenoxy) is 2. The first kappa shape index (κ1) is 13.8. The van der Waals surface area contributed by atoms with E-state index in [0.29, 0.717) is 13.2 Å². The molecule has 0 amide bonds. The summed E-state index contributed by atoms with van der Waals surface area (Å²) in [5, 5.41) is 3.08. The average molecular weight is 374 g/mol. The van der Waals surface area contributed by atoms with Crippen LogP contribution in [0.5, 0.6) is 11.5 Å². The van der Waals surface area contributed by atoms with Gasteiger partial charge in [-0.3, -0.25) is 0 Å². The zero-order valence-corrected chi connectivity index (χ0v) is 14.0. The second-order valence-electron chi connectivity index (χ2n) is 4.90. The smallest absolute Gasteiger partial charge is 0.162 e. The highest BCUT2D eigenvalue weighted by Gasteiger charge is 2.14. The summed E-state index contributed by atoms with van der Waals surface area (Å²) in [5.41, 5.74) is 3.13. The first-order chi connectivity index (χ1) is 10.8. The molecule has 110 valence electrons. The van der Waals surface area contributed by atoms with Crippen molar-refractivity contribution in [2.75, 3.05) is 13.2 Å². The van der Waals surface area contributed by atoms with Gasteiger partial charge in [0.1, 0.15) is 18.2 Å². The lowest BCUT2D eigenvalue weighted by molar-refractivity contribution is 0.171. The summed E-state index contributed by atoms with van der Waals surface area (Å²) in [4.78, 5) is 4.74. The number of aromatic nitrogens is 1. The monoisotopic (exact) mass is 373 g/mol. The van der Waals surface area contributed by atoms with Crippen molar-refractivity contribution in [1.29, 1.82) is 0 Å². The molecule has 0 atom stereocenters. The van der Waals surface area contributed by atoms with Gasteiger partial charge in [0.25, 0.3) is 0 Å². The summed E-state index contributed by atoms with van der Waals surface area (Å²) in [6, 6.07) is 14.2. The van der Waals surface area contributed by atoms with E-state index in [4.69, 9.17) is 14.5 Å². The molecule has 1 aliphatic heterocycles. The van der Waals surface area contributed by atoms with E-state index in [1.807, 2.05) is 30.3 Å². The van der Waals surface area contributed by atoms with Crippen LogP contribution in [0.25, 0.3) is 21.8 Å². The largest absolute Gasteiger partial charge is 0.486 e. The molecule has 0 aliphatic carbocycles. The second-order valence-corrected chi connectivity index (χ2v) is 6.68. The highest BCUT2D eigenvalue weighted by molar-refractivity contribution is 9.10. The van der Waals surface area contributed by atoms with Crippen molar-refractivity contribution in [2.45, 2.75) is 0 Å². The Morgan fingerprint density at radius 1 is 0.909 bits per heavy atom. The molecule has 2 heterocycles. The number of benzene rings is 2. The third kappa shape index (κ3) is 2.62. The fraction of sp³-hybridized carbons (Fsp3) is 0.118. The van der Waals surface area contributed by atoms with Crippen LogP contribution < -0.4 is 9.47 Å². The summed E-state index contributed by atoms with van der Waals surface area (Å²) in [5.74, 6) is 1.60. The lowest BCUT2D eigenvalue weighted by Crippen LogP contribution is -2.15. The van der Waals surface area contributed by atoms with E-state index in [0.717, 1.165) is 37.8 Å². The Morgan fingerprint density at radius 3 is 2.45 bits per heavy atom. The Labute approximate surface area is 140 Å². The van der Waals surface area contributed by atoms with Gasteiger partial charge in [-0.25, -0.2) is 4.98 Å². The molecule has 0 fully saturated rings. The van der Waals surface area contributed by atoms with Crippen LogP contribution in [-0.2, 0) is 0 Å². The predicted molar refractivity (Wildman–Crippen MR) is 91.7 cm³/mol. The Morgan fingerprint density at radius 2 is 1.64 bits per heavy atom. The summed E-state index contributed by atoms with van der Waals surface area (Å²) < 4.78 is 12.3. The molecule has 5 heteroatoms. The highest BCUT2D eigenvalue weighted by Crippen LogP contribution is 2.36. The molecule has 0 radical (unpaired) electrons.